The van der Waals surface area contributed by atoms with Crippen molar-refractivity contribution < 1.29 is 22.7 Å². The number of aryl methyl sites for hydroxylation is 2. The molecule has 10 heteroatoms. The van der Waals surface area contributed by atoms with E-state index in [4.69, 9.17) is 20.2 Å². The standard InChI is InChI=1S/C36H39N3O5S2/c1-21-14-15-29(43-20-23-18-35(3,4)44-36(5,6)19-23)31-27(34(40)39-46(41,42)25-11-9-10-24(37)16-25)17-28(38-32(21)31)33-22(2)26-12-7-8-13-30(26)45-33/h7-17,23H,18-20,37H2,1-6H3,(H,39,40). The average molecular weight is 658 g/mol. The Kier molecular flexibility index (Phi) is 8.11. The van der Waals surface area contributed by atoms with E-state index in [9.17, 15) is 13.2 Å². The van der Waals surface area contributed by atoms with Gasteiger partial charge in [-0.15, -0.1) is 11.3 Å². The smallest absolute Gasteiger partial charge is 0.265 e. The number of fused-ring (bicyclic) bond motifs is 2. The molecule has 0 aliphatic carbocycles. The number of nitrogen functional groups attached to an aromatic ring is 1. The zero-order valence-corrected chi connectivity index (χ0v) is 28.6. The maximum Gasteiger partial charge on any atom is 0.265 e. The van der Waals surface area contributed by atoms with E-state index in [1.165, 1.54) is 18.2 Å². The molecule has 3 N–H and O–H groups in total. The molecule has 1 aliphatic heterocycles. The highest BCUT2D eigenvalue weighted by atomic mass is 32.2. The molecule has 1 saturated heterocycles. The number of carbonyl (C=O) groups excluding carboxylic acids is 1. The van der Waals surface area contributed by atoms with Gasteiger partial charge in [0, 0.05) is 10.4 Å². The Morgan fingerprint density at radius 2 is 1.74 bits per heavy atom. The first kappa shape index (κ1) is 32.0. The third-order valence-electron chi connectivity index (χ3n) is 8.43. The predicted octanol–water partition coefficient (Wildman–Crippen LogP) is 7.80. The normalized spacial score (nSPS) is 16.5. The van der Waals surface area contributed by atoms with Crippen molar-refractivity contribution in [1.29, 1.82) is 0 Å². The molecule has 0 saturated carbocycles. The Morgan fingerprint density at radius 3 is 2.43 bits per heavy atom. The second-order valence-corrected chi connectivity index (χ2v) is 16.2. The molecule has 240 valence electrons. The van der Waals surface area contributed by atoms with Crippen molar-refractivity contribution in [3.05, 3.63) is 83.4 Å². The summed E-state index contributed by atoms with van der Waals surface area (Å²) in [6.07, 6.45) is 1.64. The van der Waals surface area contributed by atoms with Crippen molar-refractivity contribution in [1.82, 2.24) is 9.71 Å². The van der Waals surface area contributed by atoms with Gasteiger partial charge >= 0.3 is 0 Å². The van der Waals surface area contributed by atoms with Gasteiger partial charge < -0.3 is 15.2 Å². The summed E-state index contributed by atoms with van der Waals surface area (Å²) in [5.41, 5.74) is 8.74. The monoisotopic (exact) mass is 657 g/mol. The number of pyridine rings is 1. The molecule has 3 heterocycles. The number of thiophene rings is 1. The van der Waals surface area contributed by atoms with E-state index in [1.807, 2.05) is 38.1 Å². The minimum absolute atomic E-state index is 0.0998. The van der Waals surface area contributed by atoms with E-state index < -0.39 is 15.9 Å². The molecule has 6 rings (SSSR count). The van der Waals surface area contributed by atoms with Crippen molar-refractivity contribution >= 4 is 53.9 Å². The first-order valence-corrected chi connectivity index (χ1v) is 17.6. The zero-order valence-electron chi connectivity index (χ0n) is 26.9. The SMILES string of the molecule is Cc1c(-c2cc(C(=O)NS(=O)(=O)c3cccc(N)c3)c3c(OCC4CC(C)(C)OC(C)(C)C4)ccc(C)c3n2)sc2ccccc12. The lowest BCUT2D eigenvalue weighted by atomic mass is 9.81. The number of rotatable bonds is 7. The minimum atomic E-state index is -4.24. The molecule has 8 nitrogen and oxygen atoms in total. The van der Waals surface area contributed by atoms with Crippen LogP contribution in [0, 0.1) is 19.8 Å². The molecular weight excluding hydrogens is 619 g/mol. The van der Waals surface area contributed by atoms with Crippen LogP contribution in [0.4, 0.5) is 5.69 Å². The van der Waals surface area contributed by atoms with E-state index in [-0.39, 0.29) is 33.3 Å². The first-order chi connectivity index (χ1) is 21.6. The molecule has 1 aliphatic rings. The van der Waals surface area contributed by atoms with Crippen molar-refractivity contribution in [2.24, 2.45) is 5.92 Å². The molecule has 5 aromatic rings. The van der Waals surface area contributed by atoms with Gasteiger partial charge in [0.25, 0.3) is 15.9 Å². The number of nitrogens with zero attached hydrogens (tertiary/aromatic N) is 1. The van der Waals surface area contributed by atoms with Gasteiger partial charge in [-0.1, -0.05) is 30.3 Å². The summed E-state index contributed by atoms with van der Waals surface area (Å²) in [5.74, 6) is -0.0929. The second-order valence-electron chi connectivity index (χ2n) is 13.4. The summed E-state index contributed by atoms with van der Waals surface area (Å²) in [6.45, 7) is 12.7. The van der Waals surface area contributed by atoms with Gasteiger partial charge in [0.1, 0.15) is 5.75 Å². The van der Waals surface area contributed by atoms with Crippen LogP contribution in [0.3, 0.4) is 0 Å². The number of hydrogen-bond acceptors (Lipinski definition) is 8. The van der Waals surface area contributed by atoms with Crippen molar-refractivity contribution in [2.45, 2.75) is 70.5 Å². The van der Waals surface area contributed by atoms with E-state index in [2.05, 4.69) is 44.5 Å². The third kappa shape index (κ3) is 6.34. The number of amides is 1. The van der Waals surface area contributed by atoms with E-state index in [1.54, 1.807) is 23.5 Å². The van der Waals surface area contributed by atoms with Gasteiger partial charge in [0.15, 0.2) is 0 Å². The van der Waals surface area contributed by atoms with Crippen LogP contribution >= 0.6 is 11.3 Å². The summed E-state index contributed by atoms with van der Waals surface area (Å²) in [4.78, 5) is 20.0. The average Bonchev–Trinajstić information content (AvgIpc) is 3.31. The van der Waals surface area contributed by atoms with E-state index in [0.717, 1.165) is 38.9 Å². The number of hydrogen-bond donors (Lipinski definition) is 2. The number of nitrogens with two attached hydrogens (primary N) is 1. The van der Waals surface area contributed by atoms with E-state index in [0.29, 0.717) is 29.0 Å². The van der Waals surface area contributed by atoms with Gasteiger partial charge in [-0.2, -0.15) is 0 Å². The highest BCUT2D eigenvalue weighted by Gasteiger charge is 2.39. The minimum Gasteiger partial charge on any atom is -0.493 e. The van der Waals surface area contributed by atoms with Crippen molar-refractivity contribution in [2.75, 3.05) is 12.3 Å². The van der Waals surface area contributed by atoms with Crippen LogP contribution in [0.25, 0.3) is 31.6 Å². The Hall–Kier alpha value is -3.99. The molecule has 0 spiro atoms. The molecule has 0 atom stereocenters. The van der Waals surface area contributed by atoms with Gasteiger partial charge in [-0.25, -0.2) is 18.1 Å². The van der Waals surface area contributed by atoms with Crippen LogP contribution in [0.5, 0.6) is 5.75 Å². The Morgan fingerprint density at radius 1 is 1.02 bits per heavy atom. The third-order valence-corrected chi connectivity index (χ3v) is 11.1. The van der Waals surface area contributed by atoms with Gasteiger partial charge in [0.2, 0.25) is 0 Å². The van der Waals surface area contributed by atoms with Crippen LogP contribution in [0.15, 0.2) is 71.6 Å². The van der Waals surface area contributed by atoms with Gasteiger partial charge in [-0.05, 0) is 113 Å². The number of sulfonamides is 1. The molecular formula is C36H39N3O5S2. The molecule has 1 amide bonds. The first-order valence-electron chi connectivity index (χ1n) is 15.3. The van der Waals surface area contributed by atoms with Crippen molar-refractivity contribution in [3.63, 3.8) is 0 Å². The second kappa shape index (κ2) is 11.7. The number of carbonyl (C=O) groups is 1. The summed E-state index contributed by atoms with van der Waals surface area (Å²) in [5, 5.41) is 1.57. The highest BCUT2D eigenvalue weighted by Crippen LogP contribution is 2.42. The lowest BCUT2D eigenvalue weighted by molar-refractivity contribution is -0.175. The lowest BCUT2D eigenvalue weighted by Gasteiger charge is -2.45. The Labute approximate surface area is 274 Å². The quantitative estimate of drug-likeness (QED) is 0.171. The Balaban J connectivity index is 1.47. The largest absolute Gasteiger partial charge is 0.493 e. The molecule has 1 fully saturated rings. The maximum atomic E-state index is 14.1. The van der Waals surface area contributed by atoms with Crippen LogP contribution in [0.1, 0.15) is 62.0 Å². The van der Waals surface area contributed by atoms with Crippen LogP contribution < -0.4 is 15.2 Å². The van der Waals surface area contributed by atoms with Gasteiger partial charge in [-0.3, -0.25) is 4.79 Å². The summed E-state index contributed by atoms with van der Waals surface area (Å²) >= 11 is 1.59. The number of benzene rings is 3. The van der Waals surface area contributed by atoms with Crippen LogP contribution in [-0.2, 0) is 14.8 Å². The number of aromatic nitrogens is 1. The van der Waals surface area contributed by atoms with Gasteiger partial charge in [0.05, 0.1) is 49.7 Å². The summed E-state index contributed by atoms with van der Waals surface area (Å²) in [7, 11) is -4.24. The molecule has 46 heavy (non-hydrogen) atoms. The molecule has 3 aromatic carbocycles. The zero-order chi connectivity index (χ0) is 33.0. The fraction of sp³-hybridized carbons (Fsp3) is 0.333. The van der Waals surface area contributed by atoms with Crippen LogP contribution in [-0.4, -0.2) is 37.1 Å². The predicted molar refractivity (Wildman–Crippen MR) is 185 cm³/mol. The van der Waals surface area contributed by atoms with E-state index >= 15 is 0 Å². The number of ether oxygens (including phenoxy) is 2. The Bertz CT molecular complexity index is 2080. The summed E-state index contributed by atoms with van der Waals surface area (Å²) in [6, 6.07) is 19.4. The fourth-order valence-electron chi connectivity index (χ4n) is 6.81. The lowest BCUT2D eigenvalue weighted by Crippen LogP contribution is -2.46. The summed E-state index contributed by atoms with van der Waals surface area (Å²) < 4.78 is 42.9. The molecule has 2 aromatic heterocycles. The topological polar surface area (TPSA) is 121 Å². The molecule has 0 bridgehead atoms. The number of nitrogens with one attached hydrogen (secondary N) is 1. The van der Waals surface area contributed by atoms with Crippen LogP contribution in [0.2, 0.25) is 0 Å². The molecule has 0 unspecified atom stereocenters. The maximum absolute atomic E-state index is 14.1. The molecule has 0 radical (unpaired) electrons. The highest BCUT2D eigenvalue weighted by molar-refractivity contribution is 7.90. The fourth-order valence-corrected chi connectivity index (χ4v) is 9.00. The number of anilines is 1. The van der Waals surface area contributed by atoms with Crippen molar-refractivity contribution in [3.8, 4) is 16.3 Å².